The van der Waals surface area contributed by atoms with E-state index in [4.69, 9.17) is 9.47 Å². The van der Waals surface area contributed by atoms with Crippen LogP contribution in [0.4, 0.5) is 0 Å². The molecule has 4 aromatic carbocycles. The minimum atomic E-state index is 0.782. The number of hydrogen-bond donors (Lipinski definition) is 0. The topological polar surface area (TPSA) is 18.5 Å². The van der Waals surface area contributed by atoms with Gasteiger partial charge in [0.15, 0.2) is 0 Å². The van der Waals surface area contributed by atoms with Crippen molar-refractivity contribution in [2.24, 2.45) is 0 Å². The van der Waals surface area contributed by atoms with Crippen molar-refractivity contribution < 1.29 is 9.47 Å². The molecular weight excluding hydrogens is 400 g/mol. The minimum absolute atomic E-state index is 0.782. The van der Waals surface area contributed by atoms with Crippen LogP contribution in [-0.2, 0) is 0 Å². The Morgan fingerprint density at radius 1 is 0.548 bits per heavy atom. The summed E-state index contributed by atoms with van der Waals surface area (Å²) in [7, 11) is 0. The first kappa shape index (κ1) is 21.6. The average Bonchev–Trinajstić information content (AvgIpc) is 2.79. The Bertz CT molecular complexity index is 1060. The second kappa shape index (κ2) is 10.6. The van der Waals surface area contributed by atoms with Crippen LogP contribution >= 0.6 is 11.8 Å². The van der Waals surface area contributed by atoms with E-state index < -0.39 is 0 Å². The van der Waals surface area contributed by atoms with E-state index in [1.807, 2.05) is 0 Å². The third kappa shape index (κ3) is 5.74. The monoisotopic (exact) mass is 430 g/mol. The van der Waals surface area contributed by atoms with Gasteiger partial charge in [-0.15, -0.1) is 0 Å². The molecular formula is C28H30O2S. The number of rotatable bonds is 10. The van der Waals surface area contributed by atoms with E-state index in [1.54, 1.807) is 11.8 Å². The molecule has 0 amide bonds. The van der Waals surface area contributed by atoms with E-state index in [1.165, 1.54) is 31.3 Å². The van der Waals surface area contributed by atoms with Crippen LogP contribution < -0.4 is 9.47 Å². The van der Waals surface area contributed by atoms with Gasteiger partial charge in [0.1, 0.15) is 11.5 Å². The SMILES string of the molecule is CCCCOc1ccc2cc(Sc3ccc4cc(OCCCC)ccc4c3)ccc2c1. The molecule has 4 rings (SSSR count). The van der Waals surface area contributed by atoms with Crippen molar-refractivity contribution in [2.75, 3.05) is 13.2 Å². The van der Waals surface area contributed by atoms with E-state index in [0.29, 0.717) is 0 Å². The van der Waals surface area contributed by atoms with Gasteiger partial charge < -0.3 is 9.47 Å². The Balaban J connectivity index is 1.47. The fourth-order valence-corrected chi connectivity index (χ4v) is 4.43. The molecule has 0 aliphatic rings. The van der Waals surface area contributed by atoms with Crippen LogP contribution in [0.1, 0.15) is 39.5 Å². The van der Waals surface area contributed by atoms with Gasteiger partial charge in [-0.2, -0.15) is 0 Å². The molecule has 31 heavy (non-hydrogen) atoms. The molecule has 0 spiro atoms. The normalized spacial score (nSPS) is 11.2. The molecule has 0 heterocycles. The van der Waals surface area contributed by atoms with Crippen molar-refractivity contribution in [1.82, 2.24) is 0 Å². The van der Waals surface area contributed by atoms with Crippen molar-refractivity contribution >= 4 is 33.3 Å². The summed E-state index contributed by atoms with van der Waals surface area (Å²) in [5.41, 5.74) is 0. The molecule has 0 N–H and O–H groups in total. The van der Waals surface area contributed by atoms with Gasteiger partial charge in [-0.3, -0.25) is 0 Å². The van der Waals surface area contributed by atoms with Crippen molar-refractivity contribution in [3.05, 3.63) is 72.8 Å². The van der Waals surface area contributed by atoms with E-state index >= 15 is 0 Å². The minimum Gasteiger partial charge on any atom is -0.494 e. The summed E-state index contributed by atoms with van der Waals surface area (Å²) in [6.07, 6.45) is 4.48. The van der Waals surface area contributed by atoms with Gasteiger partial charge in [0.05, 0.1) is 13.2 Å². The van der Waals surface area contributed by atoms with E-state index in [2.05, 4.69) is 86.6 Å². The number of fused-ring (bicyclic) bond motifs is 2. The lowest BCUT2D eigenvalue weighted by molar-refractivity contribution is 0.309. The first-order chi connectivity index (χ1) is 15.2. The van der Waals surface area contributed by atoms with Gasteiger partial charge in [0, 0.05) is 9.79 Å². The Hall–Kier alpha value is -2.65. The van der Waals surface area contributed by atoms with Crippen molar-refractivity contribution in [1.29, 1.82) is 0 Å². The summed E-state index contributed by atoms with van der Waals surface area (Å²) < 4.78 is 11.7. The highest BCUT2D eigenvalue weighted by Gasteiger charge is 2.04. The molecule has 0 fully saturated rings. The lowest BCUT2D eigenvalue weighted by atomic mass is 10.1. The number of hydrogen-bond acceptors (Lipinski definition) is 3. The Morgan fingerprint density at radius 2 is 0.968 bits per heavy atom. The fraction of sp³-hybridized carbons (Fsp3) is 0.286. The maximum absolute atomic E-state index is 5.84. The molecule has 0 unspecified atom stereocenters. The molecule has 0 bridgehead atoms. The zero-order chi connectivity index (χ0) is 21.5. The second-order valence-corrected chi connectivity index (χ2v) is 8.99. The van der Waals surface area contributed by atoms with Crippen LogP contribution in [0.15, 0.2) is 82.6 Å². The molecule has 2 nitrogen and oxygen atoms in total. The lowest BCUT2D eigenvalue weighted by Crippen LogP contribution is -1.96. The van der Waals surface area contributed by atoms with Gasteiger partial charge in [-0.25, -0.2) is 0 Å². The predicted octanol–water partition coefficient (Wildman–Crippen LogP) is 8.50. The number of unbranched alkanes of at least 4 members (excludes halogenated alkanes) is 2. The molecule has 0 aromatic heterocycles. The zero-order valence-corrected chi connectivity index (χ0v) is 19.2. The van der Waals surface area contributed by atoms with Crippen LogP contribution in [-0.4, -0.2) is 13.2 Å². The summed E-state index contributed by atoms with van der Waals surface area (Å²) in [5, 5.41) is 4.91. The Labute approximate surface area is 189 Å². The van der Waals surface area contributed by atoms with E-state index in [0.717, 1.165) is 50.4 Å². The van der Waals surface area contributed by atoms with Gasteiger partial charge in [0.25, 0.3) is 0 Å². The summed E-state index contributed by atoms with van der Waals surface area (Å²) in [4.78, 5) is 2.48. The first-order valence-corrected chi connectivity index (χ1v) is 12.1. The largest absolute Gasteiger partial charge is 0.494 e. The van der Waals surface area contributed by atoms with Gasteiger partial charge in [-0.1, -0.05) is 62.7 Å². The van der Waals surface area contributed by atoms with Gasteiger partial charge in [-0.05, 0) is 82.9 Å². The van der Waals surface area contributed by atoms with Crippen LogP contribution in [0.2, 0.25) is 0 Å². The van der Waals surface area contributed by atoms with E-state index in [9.17, 15) is 0 Å². The summed E-state index contributed by atoms with van der Waals surface area (Å²) in [5.74, 6) is 1.91. The molecule has 0 saturated carbocycles. The second-order valence-electron chi connectivity index (χ2n) is 7.85. The van der Waals surface area contributed by atoms with Crippen LogP contribution in [0.3, 0.4) is 0 Å². The molecule has 4 aromatic rings. The highest BCUT2D eigenvalue weighted by molar-refractivity contribution is 7.99. The first-order valence-electron chi connectivity index (χ1n) is 11.3. The quantitative estimate of drug-likeness (QED) is 0.235. The maximum atomic E-state index is 5.84. The third-order valence-electron chi connectivity index (χ3n) is 5.34. The number of ether oxygens (including phenoxy) is 2. The van der Waals surface area contributed by atoms with Gasteiger partial charge >= 0.3 is 0 Å². The highest BCUT2D eigenvalue weighted by Crippen LogP contribution is 2.33. The van der Waals surface area contributed by atoms with Gasteiger partial charge in [0.2, 0.25) is 0 Å². The highest BCUT2D eigenvalue weighted by atomic mass is 32.2. The fourth-order valence-electron chi connectivity index (χ4n) is 3.52. The Morgan fingerprint density at radius 3 is 1.42 bits per heavy atom. The van der Waals surface area contributed by atoms with E-state index in [-0.39, 0.29) is 0 Å². The Kier molecular flexibility index (Phi) is 7.37. The van der Waals surface area contributed by atoms with Crippen molar-refractivity contribution in [3.63, 3.8) is 0 Å². The summed E-state index contributed by atoms with van der Waals surface area (Å²) in [6, 6.07) is 26.0. The number of benzene rings is 4. The summed E-state index contributed by atoms with van der Waals surface area (Å²) in [6.45, 7) is 5.92. The molecule has 3 heteroatoms. The molecule has 0 radical (unpaired) electrons. The van der Waals surface area contributed by atoms with Crippen molar-refractivity contribution in [2.45, 2.75) is 49.3 Å². The molecule has 0 aliphatic heterocycles. The van der Waals surface area contributed by atoms with Crippen LogP contribution in [0.5, 0.6) is 11.5 Å². The summed E-state index contributed by atoms with van der Waals surface area (Å²) >= 11 is 1.80. The lowest BCUT2D eigenvalue weighted by Gasteiger charge is -2.09. The van der Waals surface area contributed by atoms with Crippen LogP contribution in [0, 0.1) is 0 Å². The predicted molar refractivity (Wildman–Crippen MR) is 133 cm³/mol. The molecule has 0 atom stereocenters. The average molecular weight is 431 g/mol. The smallest absolute Gasteiger partial charge is 0.119 e. The molecule has 160 valence electrons. The van der Waals surface area contributed by atoms with Crippen molar-refractivity contribution in [3.8, 4) is 11.5 Å². The molecule has 0 saturated heterocycles. The standard InChI is InChI=1S/C28H30O2S/c1-3-5-15-29-25-11-7-23-19-27(13-9-21(23)17-25)31-28-14-10-22-18-26(30-16-6-4-2)12-8-24(22)20-28/h7-14,17-20H,3-6,15-16H2,1-2H3. The zero-order valence-electron chi connectivity index (χ0n) is 18.4. The third-order valence-corrected chi connectivity index (χ3v) is 6.31. The van der Waals surface area contributed by atoms with Crippen LogP contribution in [0.25, 0.3) is 21.5 Å². The molecule has 0 aliphatic carbocycles. The maximum Gasteiger partial charge on any atom is 0.119 e.